The quantitative estimate of drug-likeness (QED) is 0.462. The van der Waals surface area contributed by atoms with Gasteiger partial charge in [0.2, 0.25) is 5.95 Å². The number of pyridine rings is 2. The Kier molecular flexibility index (Phi) is 3.73. The van der Waals surface area contributed by atoms with E-state index in [-0.39, 0.29) is 7.37 Å². The van der Waals surface area contributed by atoms with Gasteiger partial charge in [0.15, 0.2) is 11.3 Å². The summed E-state index contributed by atoms with van der Waals surface area (Å²) in [5, 5.41) is 7.38. The number of halogens is 3. The van der Waals surface area contributed by atoms with Crippen molar-refractivity contribution in [3.05, 3.63) is 66.6 Å². The van der Waals surface area contributed by atoms with Crippen molar-refractivity contribution in [2.45, 2.75) is 6.18 Å². The second-order valence-electron chi connectivity index (χ2n) is 6.31. The lowest BCUT2D eigenvalue weighted by atomic mass is 10.2. The van der Waals surface area contributed by atoms with Gasteiger partial charge in [0.25, 0.3) is 0 Å². The highest BCUT2D eigenvalue weighted by Gasteiger charge is 2.29. The zero-order chi connectivity index (χ0) is 20.0. The number of aromatic amines is 1. The Labute approximate surface area is 162 Å². The Morgan fingerprint density at radius 2 is 1.86 bits per heavy atom. The lowest BCUT2D eigenvalue weighted by Crippen LogP contribution is -2.04. The third kappa shape index (κ3) is 3.14. The number of hydrogen-bond acceptors (Lipinski definition) is 5. The van der Waals surface area contributed by atoms with Crippen LogP contribution < -0.4 is 5.32 Å². The molecule has 146 valence electrons. The molecular formula is C19H14F3N7. The van der Waals surface area contributed by atoms with Crippen LogP contribution in [-0.4, -0.2) is 29.5 Å². The van der Waals surface area contributed by atoms with E-state index in [0.29, 0.717) is 17.0 Å². The van der Waals surface area contributed by atoms with Crippen molar-refractivity contribution in [3.63, 3.8) is 0 Å². The van der Waals surface area contributed by atoms with Gasteiger partial charge in [0, 0.05) is 18.9 Å². The van der Waals surface area contributed by atoms with Gasteiger partial charge >= 0.3 is 6.18 Å². The first-order chi connectivity index (χ1) is 14.0. The summed E-state index contributed by atoms with van der Waals surface area (Å²) in [6, 6.07) is 12.1. The number of nitrogens with zero attached hydrogens (tertiary/aromatic N) is 5. The summed E-state index contributed by atoms with van der Waals surface area (Å²) in [4.78, 5) is 15.8. The summed E-state index contributed by atoms with van der Waals surface area (Å²) < 4.78 is 39.8. The van der Waals surface area contributed by atoms with Crippen molar-refractivity contribution in [2.75, 3.05) is 5.32 Å². The molecule has 0 spiro atoms. The van der Waals surface area contributed by atoms with Crippen LogP contribution in [0.5, 0.6) is 0 Å². The van der Waals surface area contributed by atoms with Gasteiger partial charge in [-0.1, -0.05) is 6.07 Å². The number of imidazole rings is 1. The smallest absolute Gasteiger partial charge is 0.343 e. The third-order valence-corrected chi connectivity index (χ3v) is 4.40. The molecule has 0 amide bonds. The summed E-state index contributed by atoms with van der Waals surface area (Å²) in [5.74, 6) is 0.271. The number of rotatable bonds is 3. The van der Waals surface area contributed by atoms with Crippen LogP contribution in [-0.2, 0) is 6.18 Å². The molecular weight excluding hydrogens is 383 g/mol. The second-order valence-corrected chi connectivity index (χ2v) is 6.31. The molecule has 0 aliphatic heterocycles. The molecule has 4 aromatic heterocycles. The van der Waals surface area contributed by atoms with Crippen LogP contribution in [0.25, 0.3) is 28.1 Å². The maximum absolute atomic E-state index is 12.7. The van der Waals surface area contributed by atoms with E-state index in [9.17, 15) is 13.2 Å². The van der Waals surface area contributed by atoms with Gasteiger partial charge in [-0.15, -0.1) is 5.10 Å². The predicted molar refractivity (Wildman–Crippen MR) is 103 cm³/mol. The van der Waals surface area contributed by atoms with Gasteiger partial charge in [-0.25, -0.2) is 14.5 Å². The molecule has 0 saturated heterocycles. The van der Waals surface area contributed by atoms with E-state index >= 15 is 0 Å². The van der Waals surface area contributed by atoms with Crippen LogP contribution in [0.4, 0.5) is 24.8 Å². The van der Waals surface area contributed by atoms with E-state index in [1.165, 1.54) is 12.1 Å². The van der Waals surface area contributed by atoms with E-state index in [1.54, 1.807) is 23.1 Å². The highest BCUT2D eigenvalue weighted by molar-refractivity contribution is 5.77. The summed E-state index contributed by atoms with van der Waals surface area (Å²) in [6.45, 7) is 0. The molecule has 7 nitrogen and oxygen atoms in total. The Morgan fingerprint density at radius 1 is 1.03 bits per heavy atom. The fourth-order valence-corrected chi connectivity index (χ4v) is 3.02. The Hall–Kier alpha value is -3.95. The molecule has 1 aromatic carbocycles. The minimum atomic E-state index is -4.38. The lowest BCUT2D eigenvalue weighted by Gasteiger charge is -2.07. The third-order valence-electron chi connectivity index (χ3n) is 4.40. The maximum Gasteiger partial charge on any atom is 0.416 e. The number of hydrogen-bond donors (Lipinski definition) is 2. The van der Waals surface area contributed by atoms with Crippen LogP contribution in [0.1, 0.15) is 6.99 Å². The first-order valence-corrected chi connectivity index (χ1v) is 8.57. The van der Waals surface area contributed by atoms with Gasteiger partial charge in [0.05, 0.1) is 23.1 Å². The average Bonchev–Trinajstić information content (AvgIpc) is 3.33. The highest BCUT2D eigenvalue weighted by Crippen LogP contribution is 2.30. The molecule has 0 unspecified atom stereocenters. The lowest BCUT2D eigenvalue weighted by molar-refractivity contribution is -0.137. The van der Waals surface area contributed by atoms with E-state index in [2.05, 4.69) is 30.4 Å². The van der Waals surface area contributed by atoms with Gasteiger partial charge in [-0.3, -0.25) is 0 Å². The molecule has 4 heterocycles. The van der Waals surface area contributed by atoms with Gasteiger partial charge in [-0.2, -0.15) is 18.2 Å². The first kappa shape index (κ1) is 17.2. The topological polar surface area (TPSA) is 83.8 Å². The molecule has 0 bridgehead atoms. The first-order valence-electron chi connectivity index (χ1n) is 8.57. The Bertz CT molecular complexity index is 1330. The van der Waals surface area contributed by atoms with Crippen molar-refractivity contribution in [1.29, 1.82) is 0 Å². The van der Waals surface area contributed by atoms with Crippen LogP contribution in [0.3, 0.4) is 0 Å². The van der Waals surface area contributed by atoms with Crippen molar-refractivity contribution < 1.29 is 14.6 Å². The molecule has 0 saturated carbocycles. The number of aromatic nitrogens is 6. The van der Waals surface area contributed by atoms with Gasteiger partial charge < -0.3 is 10.3 Å². The highest BCUT2D eigenvalue weighted by atomic mass is 19.4. The zero-order valence-electron chi connectivity index (χ0n) is 14.6. The Morgan fingerprint density at radius 3 is 2.66 bits per heavy atom. The fourth-order valence-electron chi connectivity index (χ4n) is 3.02. The van der Waals surface area contributed by atoms with Gasteiger partial charge in [-0.05, 0) is 42.5 Å². The summed E-state index contributed by atoms with van der Waals surface area (Å²) >= 11 is 0. The average molecular weight is 397 g/mol. The van der Waals surface area contributed by atoms with E-state index < -0.39 is 11.7 Å². The molecule has 29 heavy (non-hydrogen) atoms. The molecule has 5 rings (SSSR count). The SMILES string of the molecule is FC(F)(F)c1ccc(Nc2nc3cccc(-c4cnc5nc[nH]c5c4)n3n2)cc1.[HH]. The summed E-state index contributed by atoms with van der Waals surface area (Å²) in [7, 11) is 0. The van der Waals surface area contributed by atoms with E-state index in [1.807, 2.05) is 18.2 Å². The minimum Gasteiger partial charge on any atom is -0.343 e. The van der Waals surface area contributed by atoms with Crippen molar-refractivity contribution >= 4 is 28.4 Å². The number of H-pyrrole nitrogens is 1. The number of anilines is 2. The normalized spacial score (nSPS) is 12.0. The molecule has 10 heteroatoms. The van der Waals surface area contributed by atoms with E-state index in [4.69, 9.17) is 0 Å². The molecule has 0 aliphatic carbocycles. The molecule has 0 fully saturated rings. The largest absolute Gasteiger partial charge is 0.416 e. The predicted octanol–water partition coefficient (Wildman–Crippen LogP) is 4.68. The molecule has 0 atom stereocenters. The number of fused-ring (bicyclic) bond motifs is 2. The van der Waals surface area contributed by atoms with E-state index in [0.717, 1.165) is 28.9 Å². The monoisotopic (exact) mass is 397 g/mol. The molecule has 5 aromatic rings. The number of nitrogens with one attached hydrogen (secondary N) is 2. The van der Waals surface area contributed by atoms with Crippen LogP contribution in [0.2, 0.25) is 0 Å². The van der Waals surface area contributed by atoms with Crippen LogP contribution >= 0.6 is 0 Å². The van der Waals surface area contributed by atoms with Crippen molar-refractivity contribution in [2.24, 2.45) is 0 Å². The Balaban J connectivity index is 0.00000218. The van der Waals surface area contributed by atoms with Crippen LogP contribution in [0, 0.1) is 0 Å². The van der Waals surface area contributed by atoms with Gasteiger partial charge in [0.1, 0.15) is 0 Å². The number of benzene rings is 1. The maximum atomic E-state index is 12.7. The number of alkyl halides is 3. The molecule has 0 radical (unpaired) electrons. The second kappa shape index (κ2) is 6.30. The minimum absolute atomic E-state index is 0. The summed E-state index contributed by atoms with van der Waals surface area (Å²) in [6.07, 6.45) is -1.11. The standard InChI is InChI=1S/C19H12F3N7.H2/c20-19(21,22)12-4-6-13(7-5-12)26-18-27-16-3-1-2-15(29(16)28-18)11-8-14-17(23-9-11)25-10-24-14;/h1-10H,(H,26,28)(H,23,24,25);1H. The molecule has 2 N–H and O–H groups in total. The zero-order valence-corrected chi connectivity index (χ0v) is 14.6. The van der Waals surface area contributed by atoms with Crippen LogP contribution in [0.15, 0.2) is 61.1 Å². The molecule has 0 aliphatic rings. The fraction of sp³-hybridized carbons (Fsp3) is 0.0526. The summed E-state index contributed by atoms with van der Waals surface area (Å²) in [5.41, 5.74) is 3.32. The van der Waals surface area contributed by atoms with Crippen molar-refractivity contribution in [3.8, 4) is 11.3 Å². The van der Waals surface area contributed by atoms with Crippen molar-refractivity contribution in [1.82, 2.24) is 29.5 Å².